The maximum atomic E-state index is 6.22. The number of hydrogen-bond acceptors (Lipinski definition) is 7. The minimum atomic E-state index is -0.447. The Morgan fingerprint density at radius 1 is 0.459 bits per heavy atom. The fraction of sp³-hybridized carbons (Fsp3) is 0.333. The average molecular weight is 503 g/mol. The summed E-state index contributed by atoms with van der Waals surface area (Å²) in [6.45, 7) is 9.37. The second-order valence-corrected chi connectivity index (χ2v) is 10.4. The van der Waals surface area contributed by atoms with Gasteiger partial charge in [-0.15, -0.1) is 0 Å². The van der Waals surface area contributed by atoms with Crippen molar-refractivity contribution in [2.24, 2.45) is 11.5 Å². The lowest BCUT2D eigenvalue weighted by atomic mass is 9.87. The summed E-state index contributed by atoms with van der Waals surface area (Å²) in [5.74, 6) is 7.48. The van der Waals surface area contributed by atoms with E-state index < -0.39 is 10.8 Å². The summed E-state index contributed by atoms with van der Waals surface area (Å²) < 4.78 is 30.6. The van der Waals surface area contributed by atoms with E-state index in [1.165, 1.54) is 0 Å². The van der Waals surface area contributed by atoms with Crippen LogP contribution in [0.3, 0.4) is 0 Å². The Morgan fingerprint density at radius 2 is 0.784 bits per heavy atom. The van der Waals surface area contributed by atoms with Gasteiger partial charge >= 0.3 is 0 Å². The van der Waals surface area contributed by atoms with Crippen molar-refractivity contribution < 1.29 is 22.1 Å². The molecule has 0 aliphatic carbocycles. The van der Waals surface area contributed by atoms with Crippen molar-refractivity contribution in [2.75, 3.05) is 13.1 Å². The van der Waals surface area contributed by atoms with E-state index in [0.29, 0.717) is 49.0 Å². The molecule has 0 amide bonds. The molecule has 7 heteroatoms. The maximum Gasteiger partial charge on any atom is 0.170 e. The summed E-state index contributed by atoms with van der Waals surface area (Å²) in [4.78, 5) is 0. The molecule has 37 heavy (non-hydrogen) atoms. The van der Waals surface area contributed by atoms with Crippen molar-refractivity contribution in [2.45, 2.75) is 51.4 Å². The zero-order valence-corrected chi connectivity index (χ0v) is 21.8. The molecular weight excluding hydrogens is 468 g/mol. The Kier molecular flexibility index (Phi) is 6.52. The highest BCUT2D eigenvalue weighted by Gasteiger charge is 2.32. The van der Waals surface area contributed by atoms with Crippen LogP contribution in [0.2, 0.25) is 0 Å². The number of rotatable bonds is 10. The van der Waals surface area contributed by atoms with Gasteiger partial charge in [-0.05, 0) is 101 Å². The molecule has 0 radical (unpaired) electrons. The largest absolute Gasteiger partial charge is 0.465 e. The molecule has 0 bridgehead atoms. The third-order valence-electron chi connectivity index (χ3n) is 6.87. The van der Waals surface area contributed by atoms with Crippen LogP contribution in [0.15, 0.2) is 82.7 Å². The Bertz CT molecular complexity index is 1360. The van der Waals surface area contributed by atoms with Crippen LogP contribution in [0.5, 0.6) is 0 Å². The lowest BCUT2D eigenvalue weighted by Gasteiger charge is -2.19. The highest BCUT2D eigenvalue weighted by molar-refractivity contribution is 5.59. The van der Waals surface area contributed by atoms with E-state index in [0.717, 1.165) is 34.6 Å². The van der Waals surface area contributed by atoms with Gasteiger partial charge in [-0.1, -0.05) is 0 Å². The fourth-order valence-corrected chi connectivity index (χ4v) is 4.44. The van der Waals surface area contributed by atoms with Crippen LogP contribution < -0.4 is 11.5 Å². The van der Waals surface area contributed by atoms with Crippen LogP contribution in [0.25, 0.3) is 23.0 Å². The van der Waals surface area contributed by atoms with Crippen LogP contribution in [0, 0.1) is 0 Å². The lowest BCUT2D eigenvalue weighted by Crippen LogP contribution is -2.17. The van der Waals surface area contributed by atoms with Gasteiger partial charge in [0.25, 0.3) is 0 Å². The Balaban J connectivity index is 1.35. The standard InChI is InChI=1S/C30H34N2O5/c1-29(2,25-11-5-19(33-25)15-17-31)27-13-9-23(36-27)21-7-8-22(35-21)24-10-14-28(37-24)30(3,4)26-12-6-20(34-26)16-18-32/h5-14H,15-18,31-32H2,1-4H3. The van der Waals surface area contributed by atoms with Crippen LogP contribution in [-0.4, -0.2) is 13.1 Å². The summed E-state index contributed by atoms with van der Waals surface area (Å²) in [5.41, 5.74) is 10.4. The quantitative estimate of drug-likeness (QED) is 0.220. The minimum Gasteiger partial charge on any atom is -0.465 e. The molecular formula is C30H34N2O5. The van der Waals surface area contributed by atoms with Gasteiger partial charge < -0.3 is 33.6 Å². The molecule has 5 heterocycles. The lowest BCUT2D eigenvalue weighted by molar-refractivity contribution is 0.351. The molecule has 0 fully saturated rings. The van der Waals surface area contributed by atoms with Crippen molar-refractivity contribution >= 4 is 0 Å². The Labute approximate surface area is 216 Å². The maximum absolute atomic E-state index is 6.22. The van der Waals surface area contributed by atoms with Gasteiger partial charge in [0.05, 0.1) is 10.8 Å². The van der Waals surface area contributed by atoms with Gasteiger partial charge in [0.15, 0.2) is 23.0 Å². The third kappa shape index (κ3) is 4.72. The van der Waals surface area contributed by atoms with Gasteiger partial charge in [-0.25, -0.2) is 0 Å². The zero-order chi connectivity index (χ0) is 26.2. The molecule has 0 atom stereocenters. The molecule has 0 aliphatic rings. The van der Waals surface area contributed by atoms with Gasteiger partial charge in [0.2, 0.25) is 0 Å². The van der Waals surface area contributed by atoms with Crippen LogP contribution in [-0.2, 0) is 23.7 Å². The van der Waals surface area contributed by atoms with E-state index in [1.54, 1.807) is 0 Å². The number of nitrogens with two attached hydrogens (primary N) is 2. The summed E-state index contributed by atoms with van der Waals surface area (Å²) in [5, 5.41) is 0. The van der Waals surface area contributed by atoms with Crippen molar-refractivity contribution in [3.05, 3.63) is 95.2 Å². The predicted molar refractivity (Wildman–Crippen MR) is 141 cm³/mol. The second-order valence-electron chi connectivity index (χ2n) is 10.4. The Morgan fingerprint density at radius 3 is 1.19 bits per heavy atom. The molecule has 5 rings (SSSR count). The predicted octanol–water partition coefficient (Wildman–Crippen LogP) is 6.64. The minimum absolute atomic E-state index is 0.447. The molecule has 0 aromatic carbocycles. The number of furan rings is 5. The van der Waals surface area contributed by atoms with Gasteiger partial charge in [-0.2, -0.15) is 0 Å². The first-order chi connectivity index (χ1) is 17.7. The molecule has 194 valence electrons. The molecule has 7 nitrogen and oxygen atoms in total. The highest BCUT2D eigenvalue weighted by atomic mass is 16.4. The highest BCUT2D eigenvalue weighted by Crippen LogP contribution is 2.39. The second kappa shape index (κ2) is 9.65. The molecule has 5 aromatic heterocycles. The van der Waals surface area contributed by atoms with Crippen molar-refractivity contribution in [3.8, 4) is 23.0 Å². The van der Waals surface area contributed by atoms with Crippen LogP contribution in [0.1, 0.15) is 62.3 Å². The smallest absolute Gasteiger partial charge is 0.170 e. The average Bonchev–Trinajstić information content (AvgIpc) is 3.67. The van der Waals surface area contributed by atoms with Crippen molar-refractivity contribution in [3.63, 3.8) is 0 Å². The fourth-order valence-electron chi connectivity index (χ4n) is 4.44. The molecule has 0 spiro atoms. The first kappa shape index (κ1) is 25.0. The van der Waals surface area contributed by atoms with Crippen molar-refractivity contribution in [1.29, 1.82) is 0 Å². The van der Waals surface area contributed by atoms with E-state index in [-0.39, 0.29) is 0 Å². The van der Waals surface area contributed by atoms with E-state index in [4.69, 9.17) is 33.6 Å². The van der Waals surface area contributed by atoms with Crippen LogP contribution in [0.4, 0.5) is 0 Å². The van der Waals surface area contributed by atoms with E-state index in [1.807, 2.05) is 60.7 Å². The van der Waals surface area contributed by atoms with Gasteiger partial charge in [0, 0.05) is 12.8 Å². The van der Waals surface area contributed by atoms with E-state index >= 15 is 0 Å². The summed E-state index contributed by atoms with van der Waals surface area (Å²) in [7, 11) is 0. The summed E-state index contributed by atoms with van der Waals surface area (Å²) in [6, 6.07) is 19.4. The molecule has 5 aromatic rings. The van der Waals surface area contributed by atoms with Gasteiger partial charge in [-0.3, -0.25) is 0 Å². The van der Waals surface area contributed by atoms with Gasteiger partial charge in [0.1, 0.15) is 34.6 Å². The first-order valence-electron chi connectivity index (χ1n) is 12.6. The molecule has 0 unspecified atom stereocenters. The third-order valence-corrected chi connectivity index (χ3v) is 6.87. The topological polar surface area (TPSA) is 118 Å². The summed E-state index contributed by atoms with van der Waals surface area (Å²) in [6.07, 6.45) is 1.41. The molecule has 0 aliphatic heterocycles. The normalized spacial score (nSPS) is 12.5. The molecule has 0 saturated heterocycles. The Hall–Kier alpha value is -3.68. The molecule has 4 N–H and O–H groups in total. The zero-order valence-electron chi connectivity index (χ0n) is 21.8. The van der Waals surface area contributed by atoms with Crippen molar-refractivity contribution in [1.82, 2.24) is 0 Å². The van der Waals surface area contributed by atoms with E-state index in [9.17, 15) is 0 Å². The SMILES string of the molecule is CC(C)(c1ccc(CCN)o1)c1ccc(-c2ccc(-c3ccc(C(C)(C)c4ccc(CCN)o4)o3)o2)o1. The first-order valence-corrected chi connectivity index (χ1v) is 12.6. The van der Waals surface area contributed by atoms with Crippen LogP contribution >= 0.6 is 0 Å². The molecule has 0 saturated carbocycles. The monoisotopic (exact) mass is 502 g/mol. The summed E-state index contributed by atoms with van der Waals surface area (Å²) >= 11 is 0. The van der Waals surface area contributed by atoms with E-state index in [2.05, 4.69) is 27.7 Å². The number of hydrogen-bond donors (Lipinski definition) is 2.